The molecule has 7 nitrogen and oxygen atoms in total. The number of thiazole rings is 1. The number of nitrogens with one attached hydrogen (secondary N) is 1. The normalized spacial score (nSPS) is 10.4. The van der Waals surface area contributed by atoms with Crippen LogP contribution in [0.4, 0.5) is 10.9 Å². The summed E-state index contributed by atoms with van der Waals surface area (Å²) in [6.07, 6.45) is 1.60. The van der Waals surface area contributed by atoms with Gasteiger partial charge in [0.05, 0.1) is 5.69 Å². The lowest BCUT2D eigenvalue weighted by Crippen LogP contribution is -2.14. The molecule has 0 bridgehead atoms. The minimum atomic E-state index is -0.431. The second-order valence-corrected chi connectivity index (χ2v) is 4.76. The van der Waals surface area contributed by atoms with Crippen LogP contribution in [0.25, 0.3) is 5.69 Å². The molecule has 3 rings (SSSR count). The lowest BCUT2D eigenvalue weighted by molar-refractivity contribution is 0.102. The number of para-hydroxylation sites is 1. The van der Waals surface area contributed by atoms with Gasteiger partial charge in [0.15, 0.2) is 16.6 Å². The summed E-state index contributed by atoms with van der Waals surface area (Å²) in [6.45, 7) is 0. The Morgan fingerprint density at radius 2 is 2.10 bits per heavy atom. The van der Waals surface area contributed by atoms with Crippen LogP contribution in [-0.4, -0.2) is 25.9 Å². The van der Waals surface area contributed by atoms with E-state index in [1.165, 1.54) is 16.0 Å². The van der Waals surface area contributed by atoms with Crippen molar-refractivity contribution in [1.29, 1.82) is 0 Å². The number of hydrogen-bond acceptors (Lipinski definition) is 6. The molecule has 20 heavy (non-hydrogen) atoms. The number of rotatable bonds is 3. The summed E-state index contributed by atoms with van der Waals surface area (Å²) in [5.74, 6) is -0.245. The summed E-state index contributed by atoms with van der Waals surface area (Å²) in [6, 6.07) is 9.24. The average molecular weight is 286 g/mol. The Morgan fingerprint density at radius 1 is 1.30 bits per heavy atom. The monoisotopic (exact) mass is 286 g/mol. The van der Waals surface area contributed by atoms with Crippen LogP contribution in [0, 0.1) is 0 Å². The molecule has 0 aliphatic heterocycles. The first-order valence-electron chi connectivity index (χ1n) is 5.73. The molecular weight excluding hydrogens is 276 g/mol. The maximum Gasteiger partial charge on any atom is 0.281 e. The summed E-state index contributed by atoms with van der Waals surface area (Å²) in [7, 11) is 0. The maximum atomic E-state index is 12.0. The second-order valence-electron chi connectivity index (χ2n) is 3.86. The second kappa shape index (κ2) is 5.10. The molecule has 0 saturated heterocycles. The molecule has 3 aromatic rings. The smallest absolute Gasteiger partial charge is 0.281 e. The van der Waals surface area contributed by atoms with Crippen LogP contribution < -0.4 is 11.1 Å². The van der Waals surface area contributed by atoms with Crippen LogP contribution in [0.2, 0.25) is 0 Å². The summed E-state index contributed by atoms with van der Waals surface area (Å²) in [5, 5.41) is 12.6. The van der Waals surface area contributed by atoms with Gasteiger partial charge in [-0.15, -0.1) is 16.4 Å². The Morgan fingerprint density at radius 3 is 2.80 bits per heavy atom. The van der Waals surface area contributed by atoms with Crippen LogP contribution >= 0.6 is 11.3 Å². The third-order valence-corrected chi connectivity index (χ3v) is 3.26. The van der Waals surface area contributed by atoms with E-state index in [0.29, 0.717) is 5.13 Å². The highest BCUT2D eigenvalue weighted by Gasteiger charge is 2.18. The standard InChI is InChI=1S/C12H10N6OS/c13-10-9(11(19)15-12-14-6-7-20-12)16-17-18(10)8-4-2-1-3-5-8/h1-7H,13H2,(H,14,15,19). The third kappa shape index (κ3) is 2.24. The van der Waals surface area contributed by atoms with E-state index in [0.717, 1.165) is 5.69 Å². The van der Waals surface area contributed by atoms with Crippen molar-refractivity contribution in [1.82, 2.24) is 20.0 Å². The number of nitrogens with zero attached hydrogens (tertiary/aromatic N) is 4. The highest BCUT2D eigenvalue weighted by Crippen LogP contribution is 2.17. The van der Waals surface area contributed by atoms with E-state index >= 15 is 0 Å². The molecule has 0 unspecified atom stereocenters. The Labute approximate surface area is 118 Å². The van der Waals surface area contributed by atoms with E-state index in [9.17, 15) is 4.79 Å². The Kier molecular flexibility index (Phi) is 3.13. The van der Waals surface area contributed by atoms with Crippen molar-refractivity contribution in [3.63, 3.8) is 0 Å². The number of carbonyl (C=O) groups is 1. The van der Waals surface area contributed by atoms with E-state index in [4.69, 9.17) is 5.73 Å². The molecule has 0 saturated carbocycles. The Balaban J connectivity index is 1.89. The molecular formula is C12H10N6OS. The minimum Gasteiger partial charge on any atom is -0.382 e. The number of hydrogen-bond donors (Lipinski definition) is 2. The van der Waals surface area contributed by atoms with Crippen molar-refractivity contribution in [2.24, 2.45) is 0 Å². The molecule has 0 aliphatic rings. The van der Waals surface area contributed by atoms with Crippen molar-refractivity contribution < 1.29 is 4.79 Å². The first-order chi connectivity index (χ1) is 9.75. The number of anilines is 2. The van der Waals surface area contributed by atoms with E-state index < -0.39 is 5.91 Å². The molecule has 8 heteroatoms. The lowest BCUT2D eigenvalue weighted by atomic mass is 10.3. The molecule has 1 amide bonds. The van der Waals surface area contributed by atoms with Crippen LogP contribution in [0.5, 0.6) is 0 Å². The quantitative estimate of drug-likeness (QED) is 0.761. The summed E-state index contributed by atoms with van der Waals surface area (Å²) >= 11 is 1.32. The van der Waals surface area contributed by atoms with Crippen molar-refractivity contribution in [2.45, 2.75) is 0 Å². The molecule has 0 fully saturated rings. The van der Waals surface area contributed by atoms with Crippen LogP contribution in [-0.2, 0) is 0 Å². The van der Waals surface area contributed by atoms with Gasteiger partial charge in [0.1, 0.15) is 0 Å². The molecule has 1 aromatic carbocycles. The molecule has 100 valence electrons. The highest BCUT2D eigenvalue weighted by molar-refractivity contribution is 7.13. The zero-order chi connectivity index (χ0) is 13.9. The first-order valence-corrected chi connectivity index (χ1v) is 6.61. The Hall–Kier alpha value is -2.74. The van der Waals surface area contributed by atoms with E-state index in [1.54, 1.807) is 11.6 Å². The van der Waals surface area contributed by atoms with Crippen molar-refractivity contribution >= 4 is 28.2 Å². The summed E-state index contributed by atoms with van der Waals surface area (Å²) < 4.78 is 1.41. The molecule has 3 N–H and O–H groups in total. The van der Waals surface area contributed by atoms with Crippen LogP contribution in [0.1, 0.15) is 10.5 Å². The highest BCUT2D eigenvalue weighted by atomic mass is 32.1. The number of nitrogens with two attached hydrogens (primary N) is 1. The van der Waals surface area contributed by atoms with Crippen molar-refractivity contribution in [3.8, 4) is 5.69 Å². The summed E-state index contributed by atoms with van der Waals surface area (Å²) in [4.78, 5) is 16.0. The minimum absolute atomic E-state index is 0.0732. The van der Waals surface area contributed by atoms with Gasteiger partial charge in [-0.25, -0.2) is 4.98 Å². The molecule has 2 heterocycles. The van der Waals surface area contributed by atoms with Gasteiger partial charge >= 0.3 is 0 Å². The molecule has 0 spiro atoms. The number of carbonyl (C=O) groups excluding carboxylic acids is 1. The molecule has 2 aromatic heterocycles. The van der Waals surface area contributed by atoms with Gasteiger partial charge in [-0.2, -0.15) is 4.68 Å². The number of aromatic nitrogens is 4. The molecule has 0 radical (unpaired) electrons. The first kappa shape index (κ1) is 12.3. The maximum absolute atomic E-state index is 12.0. The van der Waals surface area contributed by atoms with Gasteiger partial charge < -0.3 is 5.73 Å². The SMILES string of the molecule is Nc1c(C(=O)Nc2nccs2)nnn1-c1ccccc1. The zero-order valence-corrected chi connectivity index (χ0v) is 11.0. The van der Waals surface area contributed by atoms with Gasteiger partial charge in [0, 0.05) is 11.6 Å². The van der Waals surface area contributed by atoms with Gasteiger partial charge in [0.25, 0.3) is 5.91 Å². The predicted octanol–water partition coefficient (Wildman–Crippen LogP) is 1.56. The fourth-order valence-electron chi connectivity index (χ4n) is 1.65. The van der Waals surface area contributed by atoms with Gasteiger partial charge in [-0.1, -0.05) is 23.4 Å². The zero-order valence-electron chi connectivity index (χ0n) is 10.2. The van der Waals surface area contributed by atoms with Gasteiger partial charge in [-0.05, 0) is 12.1 Å². The predicted molar refractivity (Wildman–Crippen MR) is 75.8 cm³/mol. The van der Waals surface area contributed by atoms with Gasteiger partial charge in [0.2, 0.25) is 0 Å². The van der Waals surface area contributed by atoms with Gasteiger partial charge in [-0.3, -0.25) is 10.1 Å². The van der Waals surface area contributed by atoms with E-state index in [-0.39, 0.29) is 11.5 Å². The van der Waals surface area contributed by atoms with Crippen molar-refractivity contribution in [3.05, 3.63) is 47.6 Å². The lowest BCUT2D eigenvalue weighted by Gasteiger charge is -2.02. The van der Waals surface area contributed by atoms with Crippen molar-refractivity contribution in [2.75, 3.05) is 11.1 Å². The fourth-order valence-corrected chi connectivity index (χ4v) is 2.18. The molecule has 0 atom stereocenters. The third-order valence-electron chi connectivity index (χ3n) is 2.57. The fraction of sp³-hybridized carbons (Fsp3) is 0. The van der Waals surface area contributed by atoms with Crippen LogP contribution in [0.3, 0.4) is 0 Å². The largest absolute Gasteiger partial charge is 0.382 e. The Bertz CT molecular complexity index is 722. The summed E-state index contributed by atoms with van der Waals surface area (Å²) in [5.41, 5.74) is 6.74. The number of nitrogen functional groups attached to an aromatic ring is 1. The van der Waals surface area contributed by atoms with E-state index in [2.05, 4.69) is 20.6 Å². The topological polar surface area (TPSA) is 98.7 Å². The number of amides is 1. The average Bonchev–Trinajstić information content (AvgIpc) is 3.09. The van der Waals surface area contributed by atoms with E-state index in [1.807, 2.05) is 30.3 Å². The molecule has 0 aliphatic carbocycles. The number of benzene rings is 1. The van der Waals surface area contributed by atoms with Crippen LogP contribution in [0.15, 0.2) is 41.9 Å².